The zero-order valence-corrected chi connectivity index (χ0v) is 15.8. The fraction of sp³-hybridized carbons (Fsp3) is 0.316. The van der Waals surface area contributed by atoms with Gasteiger partial charge < -0.3 is 0 Å². The number of hydrogen-bond acceptors (Lipinski definition) is 5. The Kier molecular flexibility index (Phi) is 6.42. The van der Waals surface area contributed by atoms with Gasteiger partial charge in [0.15, 0.2) is 5.17 Å². The number of nitrogens with zero attached hydrogens (tertiary/aromatic N) is 3. The summed E-state index contributed by atoms with van der Waals surface area (Å²) in [6, 6.07) is 14.0. The molecule has 6 heteroatoms. The van der Waals surface area contributed by atoms with Crippen molar-refractivity contribution in [2.75, 3.05) is 0 Å². The smallest absolute Gasteiger partial charge is 0.242 e. The van der Waals surface area contributed by atoms with Gasteiger partial charge in [-0.1, -0.05) is 67.9 Å². The van der Waals surface area contributed by atoms with Crippen LogP contribution in [0.15, 0.2) is 58.0 Å². The first kappa shape index (κ1) is 17.9. The van der Waals surface area contributed by atoms with Crippen molar-refractivity contribution in [2.45, 2.75) is 38.0 Å². The van der Waals surface area contributed by atoms with Gasteiger partial charge in [0.25, 0.3) is 0 Å². The van der Waals surface area contributed by atoms with E-state index in [2.05, 4.69) is 17.1 Å². The maximum atomic E-state index is 12.8. The summed E-state index contributed by atoms with van der Waals surface area (Å²) in [7, 11) is 0. The zero-order chi connectivity index (χ0) is 17.5. The molecule has 2 aromatic rings. The molecular weight excluding hydrogens is 350 g/mol. The Morgan fingerprint density at radius 3 is 2.76 bits per heavy atom. The summed E-state index contributed by atoms with van der Waals surface area (Å²) in [6.45, 7) is 2.69. The highest BCUT2D eigenvalue weighted by Crippen LogP contribution is 2.32. The number of amidine groups is 1. The van der Waals surface area contributed by atoms with Crippen LogP contribution in [-0.2, 0) is 11.3 Å². The fourth-order valence-corrected chi connectivity index (χ4v) is 4.29. The van der Waals surface area contributed by atoms with E-state index in [-0.39, 0.29) is 11.2 Å². The maximum absolute atomic E-state index is 12.8. The lowest BCUT2D eigenvalue weighted by atomic mass is 10.1. The number of benzene rings is 1. The van der Waals surface area contributed by atoms with Crippen LogP contribution in [0.4, 0.5) is 0 Å². The SMILES string of the molecule is CCCCC1S/C(=N\N=C\c2cccs2)N(Cc2ccccc2)C1=O. The molecular formula is C19H21N3OS2. The highest BCUT2D eigenvalue weighted by atomic mass is 32.2. The molecule has 1 unspecified atom stereocenters. The number of amides is 1. The predicted octanol–water partition coefficient (Wildman–Crippen LogP) is 4.77. The third-order valence-electron chi connectivity index (χ3n) is 3.89. The summed E-state index contributed by atoms with van der Waals surface area (Å²) >= 11 is 3.15. The second kappa shape index (κ2) is 8.97. The van der Waals surface area contributed by atoms with Crippen molar-refractivity contribution >= 4 is 40.4 Å². The minimum atomic E-state index is -0.0423. The molecule has 0 spiro atoms. The third-order valence-corrected chi connectivity index (χ3v) is 5.94. The highest BCUT2D eigenvalue weighted by molar-refractivity contribution is 8.15. The van der Waals surface area contributed by atoms with Gasteiger partial charge in [0.2, 0.25) is 5.91 Å². The molecule has 1 saturated heterocycles. The van der Waals surface area contributed by atoms with Crippen LogP contribution in [0.1, 0.15) is 36.6 Å². The first-order valence-electron chi connectivity index (χ1n) is 8.44. The van der Waals surface area contributed by atoms with Crippen LogP contribution in [0.25, 0.3) is 0 Å². The number of unbranched alkanes of at least 4 members (excludes halogenated alkanes) is 1. The number of rotatable bonds is 7. The van der Waals surface area contributed by atoms with Crippen molar-refractivity contribution in [3.63, 3.8) is 0 Å². The first-order chi connectivity index (χ1) is 12.3. The topological polar surface area (TPSA) is 45.0 Å². The van der Waals surface area contributed by atoms with Gasteiger partial charge in [0.05, 0.1) is 18.0 Å². The van der Waals surface area contributed by atoms with Gasteiger partial charge in [-0.3, -0.25) is 9.69 Å². The summed E-state index contributed by atoms with van der Waals surface area (Å²) < 4.78 is 0. The molecule has 1 aromatic carbocycles. The van der Waals surface area contributed by atoms with Crippen molar-refractivity contribution in [1.82, 2.24) is 4.90 Å². The van der Waals surface area contributed by atoms with Crippen LogP contribution in [0.5, 0.6) is 0 Å². The Labute approximate surface area is 156 Å². The number of thiophene rings is 1. The Balaban J connectivity index is 1.77. The number of hydrogen-bond donors (Lipinski definition) is 0. The quantitative estimate of drug-likeness (QED) is 0.520. The van der Waals surface area contributed by atoms with Gasteiger partial charge >= 0.3 is 0 Å². The van der Waals surface area contributed by atoms with Crippen LogP contribution in [0, 0.1) is 0 Å². The lowest BCUT2D eigenvalue weighted by molar-refractivity contribution is -0.126. The van der Waals surface area contributed by atoms with E-state index in [0.717, 1.165) is 29.7 Å². The van der Waals surface area contributed by atoms with Gasteiger partial charge in [-0.15, -0.1) is 16.4 Å². The molecule has 1 aromatic heterocycles. The molecule has 1 atom stereocenters. The van der Waals surface area contributed by atoms with Crippen LogP contribution >= 0.6 is 23.1 Å². The van der Waals surface area contributed by atoms with Gasteiger partial charge in [0.1, 0.15) is 0 Å². The van der Waals surface area contributed by atoms with E-state index in [4.69, 9.17) is 0 Å². The van der Waals surface area contributed by atoms with Crippen molar-refractivity contribution in [3.8, 4) is 0 Å². The molecule has 0 N–H and O–H groups in total. The van der Waals surface area contributed by atoms with Crippen molar-refractivity contribution in [2.24, 2.45) is 10.2 Å². The van der Waals surface area contributed by atoms with E-state index >= 15 is 0 Å². The average Bonchev–Trinajstić information content (AvgIpc) is 3.25. The van der Waals surface area contributed by atoms with Crippen molar-refractivity contribution in [3.05, 3.63) is 58.3 Å². The van der Waals surface area contributed by atoms with Crippen LogP contribution < -0.4 is 0 Å². The molecule has 0 saturated carbocycles. The number of thioether (sulfide) groups is 1. The van der Waals surface area contributed by atoms with Crippen LogP contribution in [0.3, 0.4) is 0 Å². The normalized spacial score (nSPS) is 19.4. The zero-order valence-electron chi connectivity index (χ0n) is 14.2. The average molecular weight is 372 g/mol. The molecule has 0 radical (unpaired) electrons. The summed E-state index contributed by atoms with van der Waals surface area (Å²) in [5.74, 6) is 0.146. The Hall–Kier alpha value is -1.92. The number of carbonyl (C=O) groups excluding carboxylic acids is 1. The minimum absolute atomic E-state index is 0.0423. The first-order valence-corrected chi connectivity index (χ1v) is 10.2. The maximum Gasteiger partial charge on any atom is 0.242 e. The van der Waals surface area contributed by atoms with Gasteiger partial charge in [-0.25, -0.2) is 0 Å². The summed E-state index contributed by atoms with van der Waals surface area (Å²) in [6.07, 6.45) is 4.77. The molecule has 2 heterocycles. The van der Waals surface area contributed by atoms with Gasteiger partial charge in [0, 0.05) is 4.88 Å². The molecule has 0 bridgehead atoms. The largest absolute Gasteiger partial charge is 0.284 e. The van der Waals surface area contributed by atoms with Crippen molar-refractivity contribution in [1.29, 1.82) is 0 Å². The Morgan fingerprint density at radius 2 is 2.04 bits per heavy atom. The van der Waals surface area contributed by atoms with Gasteiger partial charge in [-0.05, 0) is 23.4 Å². The molecule has 25 heavy (non-hydrogen) atoms. The molecule has 1 amide bonds. The molecule has 1 aliphatic heterocycles. The Morgan fingerprint density at radius 1 is 1.20 bits per heavy atom. The summed E-state index contributed by atoms with van der Waals surface area (Å²) in [5, 5.41) is 11.2. The standard InChI is InChI=1S/C19H21N3OS2/c1-2-3-11-17-18(23)22(14-15-8-5-4-6-9-15)19(25-17)21-20-13-16-10-7-12-24-16/h4-10,12-13,17H,2-3,11,14H2,1H3/b20-13+,21-19-. The molecule has 0 aliphatic carbocycles. The van der Waals surface area contributed by atoms with Gasteiger partial charge in [-0.2, -0.15) is 5.10 Å². The third kappa shape index (κ3) is 4.80. The molecule has 4 nitrogen and oxygen atoms in total. The fourth-order valence-electron chi connectivity index (χ4n) is 2.57. The summed E-state index contributed by atoms with van der Waals surface area (Å²) in [4.78, 5) is 15.6. The van der Waals surface area contributed by atoms with Crippen molar-refractivity contribution < 1.29 is 4.79 Å². The summed E-state index contributed by atoms with van der Waals surface area (Å²) in [5.41, 5.74) is 1.10. The predicted molar refractivity (Wildman–Crippen MR) is 107 cm³/mol. The minimum Gasteiger partial charge on any atom is -0.284 e. The lowest BCUT2D eigenvalue weighted by Gasteiger charge is -2.15. The molecule has 130 valence electrons. The van der Waals surface area contributed by atoms with Crippen LogP contribution in [-0.4, -0.2) is 27.4 Å². The second-order valence-electron chi connectivity index (χ2n) is 5.80. The van der Waals surface area contributed by atoms with Crippen LogP contribution in [0.2, 0.25) is 0 Å². The Bertz CT molecular complexity index is 741. The lowest BCUT2D eigenvalue weighted by Crippen LogP contribution is -2.31. The van der Waals surface area contributed by atoms with E-state index < -0.39 is 0 Å². The van der Waals surface area contributed by atoms with E-state index in [1.165, 1.54) is 11.8 Å². The number of carbonyl (C=O) groups is 1. The highest BCUT2D eigenvalue weighted by Gasteiger charge is 2.37. The monoisotopic (exact) mass is 371 g/mol. The van der Waals surface area contributed by atoms with E-state index in [1.54, 1.807) is 22.5 Å². The molecule has 3 rings (SSSR count). The van der Waals surface area contributed by atoms with E-state index in [9.17, 15) is 4.79 Å². The van der Waals surface area contributed by atoms with E-state index in [0.29, 0.717) is 11.7 Å². The van der Waals surface area contributed by atoms with E-state index in [1.807, 2.05) is 47.8 Å². The molecule has 1 fully saturated rings. The molecule has 1 aliphatic rings. The second-order valence-corrected chi connectivity index (χ2v) is 7.95.